The summed E-state index contributed by atoms with van der Waals surface area (Å²) in [4.78, 5) is 49.1. The number of imidazole rings is 1. The van der Waals surface area contributed by atoms with Crippen LogP contribution in [-0.4, -0.2) is 14.4 Å². The average Bonchev–Trinajstić information content (AvgIpc) is 3.35. The number of rotatable bonds is 0. The molecule has 0 saturated heterocycles. The van der Waals surface area contributed by atoms with Crippen molar-refractivity contribution in [1.82, 2.24) is 14.4 Å². The summed E-state index contributed by atoms with van der Waals surface area (Å²) < 4.78 is 1.74. The number of aromatic nitrogens is 3. The lowest BCUT2D eigenvalue weighted by molar-refractivity contribution is 1.19. The van der Waals surface area contributed by atoms with Crippen molar-refractivity contribution in [2.75, 3.05) is 0 Å². The van der Waals surface area contributed by atoms with Gasteiger partial charge in [-0.25, -0.2) is 4.98 Å². The van der Waals surface area contributed by atoms with Crippen LogP contribution in [0.5, 0.6) is 0 Å². The molecule has 3 heterocycles. The van der Waals surface area contributed by atoms with Crippen LogP contribution in [0.1, 0.15) is 0 Å². The zero-order chi connectivity index (χ0) is 25.3. The lowest BCUT2D eigenvalue weighted by atomic mass is 9.93. The first-order valence-electron chi connectivity index (χ1n) is 12.4. The monoisotopic (exact) mass is 489 g/mol. The van der Waals surface area contributed by atoms with Gasteiger partial charge in [-0.1, -0.05) is 54.6 Å². The van der Waals surface area contributed by atoms with E-state index in [0.29, 0.717) is 38.0 Å². The van der Waals surface area contributed by atoms with Crippen molar-refractivity contribution < 1.29 is 0 Å². The van der Waals surface area contributed by atoms with Gasteiger partial charge in [0.25, 0.3) is 5.56 Å². The van der Waals surface area contributed by atoms with Gasteiger partial charge in [0.05, 0.1) is 27.5 Å². The van der Waals surface area contributed by atoms with Crippen LogP contribution in [-0.2, 0) is 0 Å². The van der Waals surface area contributed by atoms with Crippen LogP contribution >= 0.6 is 0 Å². The Morgan fingerprint density at radius 2 is 1.24 bits per heavy atom. The van der Waals surface area contributed by atoms with Gasteiger partial charge in [-0.05, 0) is 35.7 Å². The molecule has 0 fully saturated rings. The summed E-state index contributed by atoms with van der Waals surface area (Å²) >= 11 is 0. The zero-order valence-electron chi connectivity index (χ0n) is 19.7. The Morgan fingerprint density at radius 3 is 2.11 bits per heavy atom. The lowest BCUT2D eigenvalue weighted by Crippen LogP contribution is -2.14. The third kappa shape index (κ3) is 2.16. The number of para-hydroxylation sites is 2. The molecule has 0 aliphatic rings. The Labute approximate surface area is 211 Å². The predicted octanol–water partition coefficient (Wildman–Crippen LogP) is 5.69. The molecule has 9 aromatic rings. The normalized spacial score (nSPS) is 12.5. The van der Waals surface area contributed by atoms with Crippen LogP contribution in [0.15, 0.2) is 99.3 Å². The molecule has 1 N–H and O–H groups in total. The van der Waals surface area contributed by atoms with Gasteiger partial charge in [0.15, 0.2) is 10.9 Å². The van der Waals surface area contributed by atoms with Crippen molar-refractivity contribution >= 4 is 81.6 Å². The highest BCUT2D eigenvalue weighted by Crippen LogP contribution is 2.39. The van der Waals surface area contributed by atoms with Crippen LogP contribution in [0.3, 0.4) is 0 Å². The van der Waals surface area contributed by atoms with Gasteiger partial charge in [0, 0.05) is 43.1 Å². The smallest absolute Gasteiger partial charge is 0.264 e. The van der Waals surface area contributed by atoms with E-state index in [1.54, 1.807) is 34.7 Å². The Bertz CT molecular complexity index is 2690. The summed E-state index contributed by atoms with van der Waals surface area (Å²) in [7, 11) is 0. The molecule has 0 bridgehead atoms. The second-order valence-corrected chi connectivity index (χ2v) is 9.87. The summed E-state index contributed by atoms with van der Waals surface area (Å²) in [6.45, 7) is 0. The van der Waals surface area contributed by atoms with E-state index in [-0.39, 0.29) is 16.4 Å². The number of pyridine rings is 2. The van der Waals surface area contributed by atoms with E-state index in [2.05, 4.69) is 4.98 Å². The maximum atomic E-state index is 13.8. The molecule has 0 aliphatic carbocycles. The highest BCUT2D eigenvalue weighted by molar-refractivity contribution is 6.31. The van der Waals surface area contributed by atoms with Gasteiger partial charge in [-0.2, -0.15) is 0 Å². The van der Waals surface area contributed by atoms with Crippen LogP contribution in [0.4, 0.5) is 0 Å². The molecule has 0 atom stereocenters. The molecule has 6 nitrogen and oxygen atoms in total. The fourth-order valence-electron chi connectivity index (χ4n) is 6.39. The minimum absolute atomic E-state index is 0.0951. The molecule has 176 valence electrons. The van der Waals surface area contributed by atoms with E-state index >= 15 is 0 Å². The third-order valence-corrected chi connectivity index (χ3v) is 8.04. The fourth-order valence-corrected chi connectivity index (χ4v) is 6.39. The Kier molecular flexibility index (Phi) is 3.38. The van der Waals surface area contributed by atoms with Crippen LogP contribution in [0.2, 0.25) is 0 Å². The van der Waals surface area contributed by atoms with Gasteiger partial charge < -0.3 is 4.98 Å². The first kappa shape index (κ1) is 19.8. The minimum Gasteiger partial charge on any atom is -0.339 e. The SMILES string of the molecule is O=c1c2ccccc2c(=O)c2c1ccc1c3ccc4c5c(ccc(nc12)c35)c(=O)n1c2ccccc2[nH]c41. The zero-order valence-corrected chi connectivity index (χ0v) is 19.7. The summed E-state index contributed by atoms with van der Waals surface area (Å²) in [6.07, 6.45) is 0. The van der Waals surface area contributed by atoms with Crippen molar-refractivity contribution in [3.8, 4) is 0 Å². The van der Waals surface area contributed by atoms with Gasteiger partial charge in [0.2, 0.25) is 0 Å². The first-order valence-corrected chi connectivity index (χ1v) is 12.4. The average molecular weight is 489 g/mol. The second kappa shape index (κ2) is 6.49. The Hall–Kier alpha value is -5.36. The maximum absolute atomic E-state index is 13.8. The van der Waals surface area contributed by atoms with Crippen LogP contribution < -0.4 is 16.4 Å². The molecule has 38 heavy (non-hydrogen) atoms. The lowest BCUT2D eigenvalue weighted by Gasteiger charge is -2.14. The number of hydrogen-bond donors (Lipinski definition) is 1. The fraction of sp³-hybridized carbons (Fsp3) is 0. The molecule has 9 rings (SSSR count). The predicted molar refractivity (Wildman–Crippen MR) is 153 cm³/mol. The molecule has 0 saturated carbocycles. The number of fused-ring (bicyclic) bond motifs is 9. The molecule has 6 heteroatoms. The van der Waals surface area contributed by atoms with Gasteiger partial charge in [0.1, 0.15) is 5.65 Å². The van der Waals surface area contributed by atoms with Crippen LogP contribution in [0, 0.1) is 0 Å². The third-order valence-electron chi connectivity index (χ3n) is 8.04. The highest BCUT2D eigenvalue weighted by Gasteiger charge is 2.21. The van der Waals surface area contributed by atoms with Gasteiger partial charge in [-0.15, -0.1) is 0 Å². The van der Waals surface area contributed by atoms with Crippen LogP contribution in [0.25, 0.3) is 81.6 Å². The maximum Gasteiger partial charge on any atom is 0.264 e. The van der Waals surface area contributed by atoms with Crippen molar-refractivity contribution in [2.45, 2.75) is 0 Å². The number of nitrogens with one attached hydrogen (secondary N) is 1. The molecule has 3 aromatic heterocycles. The highest BCUT2D eigenvalue weighted by atomic mass is 16.1. The molecule has 0 aliphatic heterocycles. The molecular formula is C32H15N3O3. The first-order chi connectivity index (χ1) is 18.6. The topological polar surface area (TPSA) is 84.3 Å². The summed E-state index contributed by atoms with van der Waals surface area (Å²) in [5.74, 6) is 0. The van der Waals surface area contributed by atoms with Gasteiger partial charge >= 0.3 is 0 Å². The van der Waals surface area contributed by atoms with E-state index in [1.807, 2.05) is 54.6 Å². The summed E-state index contributed by atoms with van der Waals surface area (Å²) in [5, 5.41) is 6.47. The Balaban J connectivity index is 1.54. The minimum atomic E-state index is -0.195. The summed E-state index contributed by atoms with van der Waals surface area (Å²) in [5.41, 5.74) is 3.18. The molecular weight excluding hydrogens is 474 g/mol. The number of H-pyrrole nitrogens is 1. The molecule has 6 aromatic carbocycles. The number of hydrogen-bond acceptors (Lipinski definition) is 4. The second-order valence-electron chi connectivity index (χ2n) is 9.87. The molecule has 0 amide bonds. The van der Waals surface area contributed by atoms with Crippen molar-refractivity contribution in [3.63, 3.8) is 0 Å². The quantitative estimate of drug-likeness (QED) is 0.219. The Morgan fingerprint density at radius 1 is 0.553 bits per heavy atom. The largest absolute Gasteiger partial charge is 0.339 e. The van der Waals surface area contributed by atoms with E-state index in [1.165, 1.54) is 0 Å². The van der Waals surface area contributed by atoms with E-state index in [0.717, 1.165) is 43.6 Å². The molecule has 0 radical (unpaired) electrons. The van der Waals surface area contributed by atoms with E-state index < -0.39 is 0 Å². The van der Waals surface area contributed by atoms with Crippen molar-refractivity contribution in [2.24, 2.45) is 0 Å². The van der Waals surface area contributed by atoms with E-state index in [9.17, 15) is 14.4 Å². The molecule has 0 unspecified atom stereocenters. The standard InChI is InChI=1S/C32H15N3O3/c36-29-17-5-1-2-6-18(17)30(37)27-19(29)11-10-16-15-9-12-20-25-21(13-14-23(26(15)25)33-28(16)27)32(38)35-24-8-4-3-7-22(24)34-31(20)35/h1-14,34H. The van der Waals surface area contributed by atoms with E-state index in [4.69, 9.17) is 4.98 Å². The number of nitrogens with zero attached hydrogens (tertiary/aromatic N) is 2. The van der Waals surface area contributed by atoms with Gasteiger partial charge in [-0.3, -0.25) is 18.8 Å². The summed E-state index contributed by atoms with van der Waals surface area (Å²) in [6, 6.07) is 26.0. The molecule has 0 spiro atoms. The van der Waals surface area contributed by atoms with Crippen molar-refractivity contribution in [3.05, 3.63) is 116 Å². The number of benzene rings is 6. The van der Waals surface area contributed by atoms with Crippen molar-refractivity contribution in [1.29, 1.82) is 0 Å². The number of aromatic amines is 1.